The molecule has 116 valence electrons. The van der Waals surface area contributed by atoms with Crippen LogP contribution in [0.25, 0.3) is 0 Å². The van der Waals surface area contributed by atoms with E-state index < -0.39 is 0 Å². The van der Waals surface area contributed by atoms with E-state index in [0.717, 1.165) is 11.3 Å². The van der Waals surface area contributed by atoms with Crippen molar-refractivity contribution in [1.82, 2.24) is 9.78 Å². The number of hydrogen-bond acceptors (Lipinski definition) is 2. The fraction of sp³-hybridized carbons (Fsp3) is 0.333. The van der Waals surface area contributed by atoms with Crippen molar-refractivity contribution in [2.24, 2.45) is 7.05 Å². The summed E-state index contributed by atoms with van der Waals surface area (Å²) in [6, 6.07) is 8.05. The van der Waals surface area contributed by atoms with Crippen LogP contribution in [-0.4, -0.2) is 22.2 Å². The molecule has 0 bridgehead atoms. The van der Waals surface area contributed by atoms with E-state index in [-0.39, 0.29) is 5.91 Å². The van der Waals surface area contributed by atoms with Crippen molar-refractivity contribution in [3.05, 3.63) is 60.4 Å². The predicted octanol–water partition coefficient (Wildman–Crippen LogP) is 3.31. The average molecular weight is 297 g/mol. The van der Waals surface area contributed by atoms with Gasteiger partial charge >= 0.3 is 0 Å². The maximum Gasteiger partial charge on any atom is 0.231 e. The highest BCUT2D eigenvalue weighted by Gasteiger charge is 2.19. The van der Waals surface area contributed by atoms with Crippen molar-refractivity contribution in [2.75, 3.05) is 11.4 Å². The lowest BCUT2D eigenvalue weighted by Gasteiger charge is -2.25. The van der Waals surface area contributed by atoms with Crippen LogP contribution in [0, 0.1) is 0 Å². The Morgan fingerprint density at radius 2 is 2.14 bits per heavy atom. The van der Waals surface area contributed by atoms with Crippen LogP contribution >= 0.6 is 0 Å². The molecule has 1 aromatic carbocycles. The van der Waals surface area contributed by atoms with Crippen molar-refractivity contribution in [3.63, 3.8) is 0 Å². The number of para-hydroxylation sites is 1. The smallest absolute Gasteiger partial charge is 0.231 e. The second-order valence-corrected chi connectivity index (χ2v) is 5.71. The molecule has 22 heavy (non-hydrogen) atoms. The summed E-state index contributed by atoms with van der Waals surface area (Å²) >= 11 is 0. The first-order valence-electron chi connectivity index (χ1n) is 7.50. The molecule has 0 fully saturated rings. The van der Waals surface area contributed by atoms with E-state index in [1.54, 1.807) is 21.9 Å². The molecule has 0 radical (unpaired) electrons. The molecule has 4 heteroatoms. The van der Waals surface area contributed by atoms with Gasteiger partial charge in [-0.05, 0) is 23.1 Å². The molecule has 0 atom stereocenters. The average Bonchev–Trinajstić information content (AvgIpc) is 2.89. The normalized spacial score (nSPS) is 10.7. The van der Waals surface area contributed by atoms with Crippen molar-refractivity contribution < 1.29 is 4.79 Å². The molecule has 1 heterocycles. The van der Waals surface area contributed by atoms with Crippen molar-refractivity contribution >= 4 is 11.6 Å². The molecule has 0 unspecified atom stereocenters. The molecule has 1 aromatic heterocycles. The van der Waals surface area contributed by atoms with E-state index in [9.17, 15) is 4.79 Å². The second kappa shape index (κ2) is 7.07. The van der Waals surface area contributed by atoms with Crippen LogP contribution < -0.4 is 4.90 Å². The van der Waals surface area contributed by atoms with E-state index >= 15 is 0 Å². The number of nitrogens with zero attached hydrogens (tertiary/aromatic N) is 3. The van der Waals surface area contributed by atoms with Crippen LogP contribution in [0.3, 0.4) is 0 Å². The van der Waals surface area contributed by atoms with E-state index in [1.807, 2.05) is 31.4 Å². The summed E-state index contributed by atoms with van der Waals surface area (Å²) in [6.07, 6.45) is 5.71. The van der Waals surface area contributed by atoms with Gasteiger partial charge in [0.25, 0.3) is 0 Å². The minimum atomic E-state index is 0.0565. The summed E-state index contributed by atoms with van der Waals surface area (Å²) in [4.78, 5) is 14.5. The Bertz CT molecular complexity index is 658. The first-order valence-corrected chi connectivity index (χ1v) is 7.50. The van der Waals surface area contributed by atoms with Gasteiger partial charge in [0, 0.05) is 25.5 Å². The van der Waals surface area contributed by atoms with Gasteiger partial charge in [-0.25, -0.2) is 0 Å². The van der Waals surface area contributed by atoms with Crippen molar-refractivity contribution in [2.45, 2.75) is 26.2 Å². The molecule has 2 rings (SSSR count). The van der Waals surface area contributed by atoms with E-state index in [4.69, 9.17) is 0 Å². The lowest BCUT2D eigenvalue weighted by Crippen LogP contribution is -2.33. The fourth-order valence-electron chi connectivity index (χ4n) is 2.52. The summed E-state index contributed by atoms with van der Waals surface area (Å²) in [6.45, 7) is 8.56. The van der Waals surface area contributed by atoms with Crippen LogP contribution in [0.1, 0.15) is 30.9 Å². The van der Waals surface area contributed by atoms with Crippen molar-refractivity contribution in [3.8, 4) is 0 Å². The molecule has 0 N–H and O–H groups in total. The summed E-state index contributed by atoms with van der Waals surface area (Å²) < 4.78 is 1.71. The highest BCUT2D eigenvalue weighted by Crippen LogP contribution is 2.27. The molecular weight excluding hydrogens is 274 g/mol. The Labute approximate surface area is 132 Å². The fourth-order valence-corrected chi connectivity index (χ4v) is 2.52. The Morgan fingerprint density at radius 1 is 1.41 bits per heavy atom. The molecule has 2 aromatic rings. The van der Waals surface area contributed by atoms with E-state index in [2.05, 4.69) is 31.6 Å². The van der Waals surface area contributed by atoms with Crippen LogP contribution in [0.4, 0.5) is 5.69 Å². The van der Waals surface area contributed by atoms with Gasteiger partial charge in [0.2, 0.25) is 5.91 Å². The van der Waals surface area contributed by atoms with Gasteiger partial charge in [-0.15, -0.1) is 6.58 Å². The first kappa shape index (κ1) is 16.0. The maximum atomic E-state index is 12.7. The van der Waals surface area contributed by atoms with E-state index in [0.29, 0.717) is 18.9 Å². The van der Waals surface area contributed by atoms with Gasteiger partial charge < -0.3 is 4.90 Å². The largest absolute Gasteiger partial charge is 0.308 e. The predicted molar refractivity (Wildman–Crippen MR) is 90.0 cm³/mol. The number of aromatic nitrogens is 2. The van der Waals surface area contributed by atoms with E-state index in [1.165, 1.54) is 5.56 Å². The number of rotatable bonds is 6. The molecule has 0 aliphatic carbocycles. The highest BCUT2D eigenvalue weighted by atomic mass is 16.2. The summed E-state index contributed by atoms with van der Waals surface area (Å²) in [5, 5.41) is 4.12. The van der Waals surface area contributed by atoms with Gasteiger partial charge in [0.05, 0.1) is 12.6 Å². The number of aryl methyl sites for hydroxylation is 1. The third kappa shape index (κ3) is 3.64. The SMILES string of the molecule is C=CCN(C(=O)Cc1cnn(C)c1)c1ccccc1C(C)C. The number of anilines is 1. The summed E-state index contributed by atoms with van der Waals surface area (Å²) in [5.41, 5.74) is 3.05. The minimum absolute atomic E-state index is 0.0565. The van der Waals surface area contributed by atoms with Gasteiger partial charge in [-0.3, -0.25) is 9.48 Å². The standard InChI is InChI=1S/C18H23N3O/c1-5-10-21(17-9-7-6-8-16(17)14(2)3)18(22)11-15-12-19-20(4)13-15/h5-9,12-14H,1,10-11H2,2-4H3. The van der Waals surface area contributed by atoms with Crippen LogP contribution in [0.2, 0.25) is 0 Å². The zero-order chi connectivity index (χ0) is 16.1. The first-order chi connectivity index (χ1) is 10.5. The Balaban J connectivity index is 2.29. The number of hydrogen-bond donors (Lipinski definition) is 0. The third-order valence-electron chi connectivity index (χ3n) is 3.58. The third-order valence-corrected chi connectivity index (χ3v) is 3.58. The number of carbonyl (C=O) groups excluding carboxylic acids is 1. The van der Waals surface area contributed by atoms with Crippen molar-refractivity contribution in [1.29, 1.82) is 0 Å². The summed E-state index contributed by atoms with van der Waals surface area (Å²) in [5.74, 6) is 0.413. The molecule has 0 saturated carbocycles. The van der Waals surface area contributed by atoms with Crippen LogP contribution in [0.15, 0.2) is 49.3 Å². The van der Waals surface area contributed by atoms with Gasteiger partial charge in [0.15, 0.2) is 0 Å². The zero-order valence-electron chi connectivity index (χ0n) is 13.5. The quantitative estimate of drug-likeness (QED) is 0.767. The molecule has 0 aliphatic heterocycles. The number of benzene rings is 1. The zero-order valence-corrected chi connectivity index (χ0v) is 13.5. The highest BCUT2D eigenvalue weighted by molar-refractivity contribution is 5.95. The second-order valence-electron chi connectivity index (χ2n) is 5.71. The molecule has 0 spiro atoms. The van der Waals surface area contributed by atoms with Gasteiger partial charge in [0.1, 0.15) is 0 Å². The lowest BCUT2D eigenvalue weighted by molar-refractivity contribution is -0.117. The summed E-state index contributed by atoms with van der Waals surface area (Å²) in [7, 11) is 1.85. The Hall–Kier alpha value is -2.36. The van der Waals surface area contributed by atoms with Crippen LogP contribution in [-0.2, 0) is 18.3 Å². The molecule has 4 nitrogen and oxygen atoms in total. The number of carbonyl (C=O) groups is 1. The van der Waals surface area contributed by atoms with Gasteiger partial charge in [-0.2, -0.15) is 5.10 Å². The molecule has 0 aliphatic rings. The van der Waals surface area contributed by atoms with Gasteiger partial charge in [-0.1, -0.05) is 38.1 Å². The molecular formula is C18H23N3O. The monoisotopic (exact) mass is 297 g/mol. The Kier molecular flexibility index (Phi) is 5.15. The van der Waals surface area contributed by atoms with Crippen LogP contribution in [0.5, 0.6) is 0 Å². The Morgan fingerprint density at radius 3 is 2.73 bits per heavy atom. The topological polar surface area (TPSA) is 38.1 Å². The molecule has 1 amide bonds. The molecule has 0 saturated heterocycles. The minimum Gasteiger partial charge on any atom is -0.308 e. The lowest BCUT2D eigenvalue weighted by atomic mass is 10.00. The number of amides is 1. The maximum absolute atomic E-state index is 12.7.